The zero-order valence-corrected chi connectivity index (χ0v) is 14.9. The van der Waals surface area contributed by atoms with Crippen LogP contribution in [0.3, 0.4) is 0 Å². The summed E-state index contributed by atoms with van der Waals surface area (Å²) in [6.07, 6.45) is -4.45. The van der Waals surface area contributed by atoms with E-state index in [0.29, 0.717) is 40.7 Å². The number of H-pyrrole nitrogens is 1. The van der Waals surface area contributed by atoms with Crippen molar-refractivity contribution in [2.45, 2.75) is 6.18 Å². The van der Waals surface area contributed by atoms with Crippen LogP contribution in [-0.4, -0.2) is 23.9 Å². The van der Waals surface area contributed by atoms with Gasteiger partial charge in [0.1, 0.15) is 5.84 Å². The van der Waals surface area contributed by atoms with Crippen molar-refractivity contribution >= 4 is 40.7 Å². The van der Waals surface area contributed by atoms with Crippen LogP contribution in [0, 0.1) is 0 Å². The van der Waals surface area contributed by atoms with E-state index >= 15 is 0 Å². The maximum atomic E-state index is 13.5. The van der Waals surface area contributed by atoms with Crippen molar-refractivity contribution in [3.63, 3.8) is 0 Å². The topological polar surface area (TPSA) is 40.2 Å². The summed E-state index contributed by atoms with van der Waals surface area (Å²) < 4.78 is 40.4. The number of aliphatic imine (C=N–C) groups is 1. The maximum absolute atomic E-state index is 13.5. The number of alkyl halides is 3. The molecule has 0 spiro atoms. The molecular weight excluding hydrogens is 386 g/mol. The molecule has 0 radical (unpaired) electrons. The lowest BCUT2D eigenvalue weighted by molar-refractivity contribution is -0.137. The average molecular weight is 400 g/mol. The van der Waals surface area contributed by atoms with Crippen molar-refractivity contribution in [3.05, 3.63) is 58.6 Å². The Morgan fingerprint density at radius 2 is 1.85 bits per heavy atom. The van der Waals surface area contributed by atoms with Gasteiger partial charge in [-0.15, -0.1) is 12.4 Å². The number of nitrogens with zero attached hydrogens (tertiary/aromatic N) is 1. The van der Waals surface area contributed by atoms with Crippen molar-refractivity contribution in [1.82, 2.24) is 10.3 Å². The minimum Gasteiger partial charge on any atom is -0.368 e. The summed E-state index contributed by atoms with van der Waals surface area (Å²) in [6, 6.07) is 10.7. The minimum atomic E-state index is -4.45. The summed E-state index contributed by atoms with van der Waals surface area (Å²) in [7, 11) is 0. The molecule has 0 unspecified atom stereocenters. The predicted molar refractivity (Wildman–Crippen MR) is 100 cm³/mol. The second kappa shape index (κ2) is 6.85. The molecular formula is C18H14Cl2F3N3. The number of aromatic nitrogens is 1. The number of hydrogen-bond donors (Lipinski definition) is 2. The van der Waals surface area contributed by atoms with Crippen molar-refractivity contribution in [1.29, 1.82) is 0 Å². The van der Waals surface area contributed by atoms with Gasteiger partial charge in [0.05, 0.1) is 17.8 Å². The Morgan fingerprint density at radius 1 is 1.08 bits per heavy atom. The summed E-state index contributed by atoms with van der Waals surface area (Å²) in [5, 5.41) is 4.40. The molecule has 4 rings (SSSR count). The van der Waals surface area contributed by atoms with E-state index in [2.05, 4.69) is 15.3 Å². The van der Waals surface area contributed by atoms with Crippen LogP contribution in [0.4, 0.5) is 13.2 Å². The number of nitrogens with one attached hydrogen (secondary N) is 2. The molecule has 8 heteroatoms. The maximum Gasteiger partial charge on any atom is 0.417 e. The van der Waals surface area contributed by atoms with Gasteiger partial charge in [-0.2, -0.15) is 13.2 Å². The number of amidine groups is 1. The number of benzene rings is 2. The van der Waals surface area contributed by atoms with E-state index in [4.69, 9.17) is 11.6 Å². The van der Waals surface area contributed by atoms with Gasteiger partial charge in [-0.25, -0.2) is 0 Å². The molecule has 3 nitrogen and oxygen atoms in total. The van der Waals surface area contributed by atoms with Crippen LogP contribution in [-0.2, 0) is 6.18 Å². The van der Waals surface area contributed by atoms with Gasteiger partial charge < -0.3 is 10.3 Å². The highest BCUT2D eigenvalue weighted by molar-refractivity contribution is 6.31. The monoisotopic (exact) mass is 399 g/mol. The first-order chi connectivity index (χ1) is 11.9. The number of aromatic amines is 1. The van der Waals surface area contributed by atoms with E-state index in [1.54, 1.807) is 24.3 Å². The van der Waals surface area contributed by atoms with E-state index in [9.17, 15) is 13.2 Å². The molecule has 3 aromatic rings. The van der Waals surface area contributed by atoms with Crippen LogP contribution in [0.2, 0.25) is 5.02 Å². The molecule has 0 bridgehead atoms. The molecule has 0 saturated carbocycles. The fraction of sp³-hybridized carbons (Fsp3) is 0.167. The lowest BCUT2D eigenvalue weighted by Crippen LogP contribution is -2.20. The van der Waals surface area contributed by atoms with Crippen LogP contribution in [0.1, 0.15) is 11.1 Å². The second-order valence-electron chi connectivity index (χ2n) is 5.77. The van der Waals surface area contributed by atoms with E-state index in [-0.39, 0.29) is 18.0 Å². The highest BCUT2D eigenvalue weighted by Crippen LogP contribution is 2.40. The smallest absolute Gasteiger partial charge is 0.368 e. The van der Waals surface area contributed by atoms with Crippen molar-refractivity contribution in [3.8, 4) is 11.3 Å². The summed E-state index contributed by atoms with van der Waals surface area (Å²) in [5.41, 5.74) is 1.12. The van der Waals surface area contributed by atoms with Gasteiger partial charge in [-0.05, 0) is 24.3 Å². The minimum absolute atomic E-state index is 0. The van der Waals surface area contributed by atoms with E-state index < -0.39 is 11.7 Å². The Labute approximate surface area is 158 Å². The van der Waals surface area contributed by atoms with Crippen LogP contribution >= 0.6 is 24.0 Å². The Hall–Kier alpha value is -2.18. The average Bonchev–Trinajstić information content (AvgIpc) is 3.20. The number of halogens is 5. The Bertz CT molecular complexity index is 993. The molecule has 0 atom stereocenters. The standard InChI is InChI=1S/C18H13ClF3N3.ClH/c19-10-5-6-14-12(9-10)15(17-23-7-8-24-17)16(25-14)11-3-1-2-4-13(11)18(20,21)22;/h1-6,9,25H,7-8H2,(H,23,24);1H. The zero-order valence-electron chi connectivity index (χ0n) is 13.3. The van der Waals surface area contributed by atoms with Gasteiger partial charge in [0.25, 0.3) is 0 Å². The quantitative estimate of drug-likeness (QED) is 0.604. The van der Waals surface area contributed by atoms with Crippen molar-refractivity contribution < 1.29 is 13.2 Å². The van der Waals surface area contributed by atoms with Crippen molar-refractivity contribution in [2.24, 2.45) is 4.99 Å². The summed E-state index contributed by atoms with van der Waals surface area (Å²) in [5.74, 6) is 0.584. The summed E-state index contributed by atoms with van der Waals surface area (Å²) in [4.78, 5) is 7.51. The first-order valence-corrected chi connectivity index (χ1v) is 8.09. The van der Waals surface area contributed by atoms with Crippen LogP contribution in [0.5, 0.6) is 0 Å². The van der Waals surface area contributed by atoms with Crippen LogP contribution < -0.4 is 5.32 Å². The van der Waals surface area contributed by atoms with Crippen molar-refractivity contribution in [2.75, 3.05) is 13.1 Å². The Balaban J connectivity index is 0.00000196. The third-order valence-corrected chi connectivity index (χ3v) is 4.41. The molecule has 1 aromatic heterocycles. The predicted octanol–water partition coefficient (Wildman–Crippen LogP) is 5.28. The molecule has 2 aromatic carbocycles. The fourth-order valence-corrected chi connectivity index (χ4v) is 3.30. The lowest BCUT2D eigenvalue weighted by atomic mass is 9.99. The van der Waals surface area contributed by atoms with Crippen LogP contribution in [0.25, 0.3) is 22.2 Å². The molecule has 0 saturated heterocycles. The molecule has 0 aliphatic carbocycles. The van der Waals surface area contributed by atoms with Gasteiger partial charge in [0.15, 0.2) is 0 Å². The normalized spacial score (nSPS) is 14.1. The van der Waals surface area contributed by atoms with Crippen LogP contribution in [0.15, 0.2) is 47.5 Å². The molecule has 0 amide bonds. The fourth-order valence-electron chi connectivity index (χ4n) is 3.13. The highest BCUT2D eigenvalue weighted by atomic mass is 35.5. The first kappa shape index (κ1) is 18.6. The van der Waals surface area contributed by atoms with E-state index in [1.807, 2.05) is 0 Å². The Morgan fingerprint density at radius 3 is 2.54 bits per heavy atom. The van der Waals surface area contributed by atoms with Gasteiger partial charge in [0.2, 0.25) is 0 Å². The van der Waals surface area contributed by atoms with E-state index in [1.165, 1.54) is 12.1 Å². The van der Waals surface area contributed by atoms with Gasteiger partial charge >= 0.3 is 6.18 Å². The molecule has 1 aliphatic heterocycles. The summed E-state index contributed by atoms with van der Waals surface area (Å²) >= 11 is 6.10. The lowest BCUT2D eigenvalue weighted by Gasteiger charge is -2.13. The molecule has 2 heterocycles. The second-order valence-corrected chi connectivity index (χ2v) is 6.20. The SMILES string of the molecule is Cl.FC(F)(F)c1ccccc1-c1[nH]c2ccc(Cl)cc2c1C1=NCCN1. The number of rotatable bonds is 2. The molecule has 1 aliphatic rings. The van der Waals surface area contributed by atoms with Gasteiger partial charge in [-0.1, -0.05) is 29.8 Å². The third-order valence-electron chi connectivity index (χ3n) is 4.17. The molecule has 2 N–H and O–H groups in total. The largest absolute Gasteiger partial charge is 0.417 e. The zero-order chi connectivity index (χ0) is 17.6. The Kier molecular flexibility index (Phi) is 4.90. The molecule has 0 fully saturated rings. The van der Waals surface area contributed by atoms with Gasteiger partial charge in [0, 0.05) is 33.6 Å². The molecule has 26 heavy (non-hydrogen) atoms. The number of hydrogen-bond acceptors (Lipinski definition) is 2. The third kappa shape index (κ3) is 3.15. The molecule has 136 valence electrons. The first-order valence-electron chi connectivity index (χ1n) is 7.71. The number of fused-ring (bicyclic) bond motifs is 1. The van der Waals surface area contributed by atoms with E-state index in [0.717, 1.165) is 11.5 Å². The summed E-state index contributed by atoms with van der Waals surface area (Å²) in [6.45, 7) is 1.24. The van der Waals surface area contributed by atoms with Gasteiger partial charge in [-0.3, -0.25) is 4.99 Å². The highest BCUT2D eigenvalue weighted by Gasteiger charge is 2.35.